The second-order valence-electron chi connectivity index (χ2n) is 6.52. The molecule has 0 radical (unpaired) electrons. The maximum Gasteiger partial charge on any atom is 0.0424 e. The molecule has 1 unspecified atom stereocenters. The van der Waals surface area contributed by atoms with Gasteiger partial charge in [0.15, 0.2) is 0 Å². The standard InChI is InChI=1S/C17H29N3/c1-13-9-14(2)11-15(10-13)17(18)12-20-7-5-16(6-8-20)19(3)4/h9-11,16-17H,5-8,12,18H2,1-4H3. The van der Waals surface area contributed by atoms with Crippen LogP contribution in [0.5, 0.6) is 0 Å². The van der Waals surface area contributed by atoms with E-state index in [0.29, 0.717) is 0 Å². The predicted molar refractivity (Wildman–Crippen MR) is 86.0 cm³/mol. The van der Waals surface area contributed by atoms with E-state index in [1.54, 1.807) is 0 Å². The highest BCUT2D eigenvalue weighted by Crippen LogP contribution is 2.19. The van der Waals surface area contributed by atoms with Gasteiger partial charge in [-0.1, -0.05) is 29.3 Å². The summed E-state index contributed by atoms with van der Waals surface area (Å²) in [7, 11) is 4.36. The zero-order valence-corrected chi connectivity index (χ0v) is 13.4. The summed E-state index contributed by atoms with van der Waals surface area (Å²) in [6, 6.07) is 7.53. The van der Waals surface area contributed by atoms with E-state index < -0.39 is 0 Å². The first kappa shape index (κ1) is 15.5. The molecule has 1 aliphatic heterocycles. The molecule has 1 heterocycles. The average molecular weight is 275 g/mol. The van der Waals surface area contributed by atoms with Gasteiger partial charge < -0.3 is 15.5 Å². The Morgan fingerprint density at radius 1 is 1.15 bits per heavy atom. The molecule has 1 aromatic carbocycles. The highest BCUT2D eigenvalue weighted by molar-refractivity contribution is 5.30. The molecule has 0 aromatic heterocycles. The van der Waals surface area contributed by atoms with Gasteiger partial charge in [0.1, 0.15) is 0 Å². The highest BCUT2D eigenvalue weighted by Gasteiger charge is 2.22. The topological polar surface area (TPSA) is 32.5 Å². The molecule has 1 saturated heterocycles. The molecule has 1 fully saturated rings. The van der Waals surface area contributed by atoms with Gasteiger partial charge in [-0.05, 0) is 59.4 Å². The molecule has 0 spiro atoms. The van der Waals surface area contributed by atoms with Crippen LogP contribution in [0.15, 0.2) is 18.2 Å². The van der Waals surface area contributed by atoms with E-state index in [2.05, 4.69) is 55.9 Å². The van der Waals surface area contributed by atoms with Crippen molar-refractivity contribution in [3.8, 4) is 0 Å². The van der Waals surface area contributed by atoms with Crippen LogP contribution in [-0.2, 0) is 0 Å². The van der Waals surface area contributed by atoms with Crippen molar-refractivity contribution in [3.63, 3.8) is 0 Å². The van der Waals surface area contributed by atoms with Crippen LogP contribution in [0.3, 0.4) is 0 Å². The first-order chi connectivity index (χ1) is 9.45. The van der Waals surface area contributed by atoms with Crippen molar-refractivity contribution in [3.05, 3.63) is 34.9 Å². The lowest BCUT2D eigenvalue weighted by atomic mass is 9.99. The number of benzene rings is 1. The Morgan fingerprint density at radius 2 is 1.70 bits per heavy atom. The van der Waals surface area contributed by atoms with Crippen molar-refractivity contribution in [1.29, 1.82) is 0 Å². The fraction of sp³-hybridized carbons (Fsp3) is 0.647. The number of piperidine rings is 1. The fourth-order valence-electron chi connectivity index (χ4n) is 3.23. The van der Waals surface area contributed by atoms with E-state index in [1.807, 2.05) is 0 Å². The number of nitrogens with zero attached hydrogens (tertiary/aromatic N) is 2. The van der Waals surface area contributed by atoms with E-state index in [1.165, 1.54) is 42.6 Å². The van der Waals surface area contributed by atoms with Crippen LogP contribution in [0.1, 0.15) is 35.6 Å². The fourth-order valence-corrected chi connectivity index (χ4v) is 3.23. The molecule has 1 aliphatic rings. The quantitative estimate of drug-likeness (QED) is 0.915. The largest absolute Gasteiger partial charge is 0.323 e. The summed E-state index contributed by atoms with van der Waals surface area (Å²) in [4.78, 5) is 4.86. The summed E-state index contributed by atoms with van der Waals surface area (Å²) >= 11 is 0. The summed E-state index contributed by atoms with van der Waals surface area (Å²) in [5.41, 5.74) is 10.3. The second-order valence-corrected chi connectivity index (χ2v) is 6.52. The molecular formula is C17H29N3. The summed E-state index contributed by atoms with van der Waals surface area (Å²) < 4.78 is 0. The minimum Gasteiger partial charge on any atom is -0.323 e. The number of hydrogen-bond acceptors (Lipinski definition) is 3. The van der Waals surface area contributed by atoms with E-state index in [9.17, 15) is 0 Å². The van der Waals surface area contributed by atoms with Crippen LogP contribution >= 0.6 is 0 Å². The van der Waals surface area contributed by atoms with Crippen molar-refractivity contribution in [2.45, 2.75) is 38.8 Å². The van der Waals surface area contributed by atoms with E-state index >= 15 is 0 Å². The van der Waals surface area contributed by atoms with Gasteiger partial charge in [-0.25, -0.2) is 0 Å². The van der Waals surface area contributed by atoms with Crippen LogP contribution in [0.2, 0.25) is 0 Å². The molecular weight excluding hydrogens is 246 g/mol. The first-order valence-electron chi connectivity index (χ1n) is 7.68. The highest BCUT2D eigenvalue weighted by atomic mass is 15.2. The summed E-state index contributed by atoms with van der Waals surface area (Å²) in [5, 5.41) is 0. The smallest absolute Gasteiger partial charge is 0.0424 e. The first-order valence-corrected chi connectivity index (χ1v) is 7.68. The third kappa shape index (κ3) is 4.05. The summed E-state index contributed by atoms with van der Waals surface area (Å²) in [5.74, 6) is 0. The van der Waals surface area contributed by atoms with Crippen LogP contribution in [-0.4, -0.2) is 49.6 Å². The predicted octanol–water partition coefficient (Wildman–Crippen LogP) is 2.33. The van der Waals surface area contributed by atoms with E-state index in [4.69, 9.17) is 5.73 Å². The van der Waals surface area contributed by atoms with Gasteiger partial charge in [-0.15, -0.1) is 0 Å². The lowest BCUT2D eigenvalue weighted by Gasteiger charge is -2.36. The minimum atomic E-state index is 0.129. The van der Waals surface area contributed by atoms with Gasteiger partial charge in [0.25, 0.3) is 0 Å². The molecule has 3 heteroatoms. The molecule has 0 bridgehead atoms. The van der Waals surface area contributed by atoms with Crippen LogP contribution in [0, 0.1) is 13.8 Å². The Labute approximate surface area is 123 Å². The van der Waals surface area contributed by atoms with Crippen molar-refractivity contribution in [2.24, 2.45) is 5.73 Å². The Balaban J connectivity index is 1.90. The zero-order chi connectivity index (χ0) is 14.7. The summed E-state index contributed by atoms with van der Waals surface area (Å²) in [6.45, 7) is 7.60. The van der Waals surface area contributed by atoms with Gasteiger partial charge >= 0.3 is 0 Å². The van der Waals surface area contributed by atoms with Gasteiger partial charge in [0.2, 0.25) is 0 Å². The zero-order valence-electron chi connectivity index (χ0n) is 13.4. The Bertz CT molecular complexity index is 414. The minimum absolute atomic E-state index is 0.129. The second kappa shape index (κ2) is 6.70. The maximum absolute atomic E-state index is 6.41. The van der Waals surface area contributed by atoms with Gasteiger partial charge in [0, 0.05) is 18.6 Å². The third-order valence-electron chi connectivity index (χ3n) is 4.41. The Kier molecular flexibility index (Phi) is 5.19. The molecule has 0 amide bonds. The SMILES string of the molecule is Cc1cc(C)cc(C(N)CN2CCC(N(C)C)CC2)c1. The number of hydrogen-bond donors (Lipinski definition) is 1. The van der Waals surface area contributed by atoms with Gasteiger partial charge in [0.05, 0.1) is 0 Å². The molecule has 0 saturated carbocycles. The van der Waals surface area contributed by atoms with Crippen molar-refractivity contribution in [2.75, 3.05) is 33.7 Å². The number of likely N-dealkylation sites (tertiary alicyclic amines) is 1. The number of aryl methyl sites for hydroxylation is 2. The van der Waals surface area contributed by atoms with Crippen molar-refractivity contribution < 1.29 is 0 Å². The van der Waals surface area contributed by atoms with E-state index in [0.717, 1.165) is 12.6 Å². The monoisotopic (exact) mass is 275 g/mol. The summed E-state index contributed by atoms with van der Waals surface area (Å²) in [6.07, 6.45) is 2.51. The van der Waals surface area contributed by atoms with Gasteiger partial charge in [-0.2, -0.15) is 0 Å². The molecule has 0 aliphatic carbocycles. The van der Waals surface area contributed by atoms with Crippen LogP contribution in [0.4, 0.5) is 0 Å². The molecule has 2 rings (SSSR count). The molecule has 1 atom stereocenters. The van der Waals surface area contributed by atoms with Crippen LogP contribution < -0.4 is 5.73 Å². The van der Waals surface area contributed by atoms with Crippen LogP contribution in [0.25, 0.3) is 0 Å². The third-order valence-corrected chi connectivity index (χ3v) is 4.41. The van der Waals surface area contributed by atoms with Crippen molar-refractivity contribution >= 4 is 0 Å². The average Bonchev–Trinajstić information content (AvgIpc) is 2.38. The number of nitrogens with two attached hydrogens (primary N) is 1. The maximum atomic E-state index is 6.41. The molecule has 1 aromatic rings. The molecule has 112 valence electrons. The number of rotatable bonds is 4. The molecule has 2 N–H and O–H groups in total. The van der Waals surface area contributed by atoms with E-state index in [-0.39, 0.29) is 6.04 Å². The Morgan fingerprint density at radius 3 is 2.20 bits per heavy atom. The lowest BCUT2D eigenvalue weighted by Crippen LogP contribution is -2.44. The lowest BCUT2D eigenvalue weighted by molar-refractivity contribution is 0.139. The normalized spacial score (nSPS) is 19.5. The van der Waals surface area contributed by atoms with Gasteiger partial charge in [-0.3, -0.25) is 0 Å². The van der Waals surface area contributed by atoms with Crippen molar-refractivity contribution in [1.82, 2.24) is 9.80 Å². The molecule has 20 heavy (non-hydrogen) atoms. The Hall–Kier alpha value is -0.900. The molecule has 3 nitrogen and oxygen atoms in total.